The van der Waals surface area contributed by atoms with Crippen molar-refractivity contribution in [3.05, 3.63) is 0 Å². The number of amides is 2. The average molecular weight is 267 g/mol. The fraction of sp³-hybridized carbons (Fsp3) is 0.933. The van der Waals surface area contributed by atoms with Gasteiger partial charge in [-0.15, -0.1) is 0 Å². The minimum Gasteiger partial charge on any atom is -0.331 e. The maximum absolute atomic E-state index is 12.0. The summed E-state index contributed by atoms with van der Waals surface area (Å²) in [6.45, 7) is 6.50. The summed E-state index contributed by atoms with van der Waals surface area (Å²) in [6.07, 6.45) is 6.28. The Bertz CT molecular complexity index is 307. The standard InChI is InChI=1S/C15H29N3O/c1-4-5-13-12-16-9-6-15(13)7-10-18(11-8-15)14(19)17(2)3/h13,16H,4-12H2,1-3H3. The van der Waals surface area contributed by atoms with Crippen LogP contribution >= 0.6 is 0 Å². The van der Waals surface area contributed by atoms with E-state index in [1.165, 1.54) is 38.6 Å². The third-order valence-electron chi connectivity index (χ3n) is 5.11. The summed E-state index contributed by atoms with van der Waals surface area (Å²) in [4.78, 5) is 15.7. The van der Waals surface area contributed by atoms with Crippen molar-refractivity contribution in [2.24, 2.45) is 11.3 Å². The molecular formula is C15H29N3O. The van der Waals surface area contributed by atoms with Crippen LogP contribution in [0, 0.1) is 11.3 Å². The largest absolute Gasteiger partial charge is 0.331 e. The quantitative estimate of drug-likeness (QED) is 0.832. The van der Waals surface area contributed by atoms with Crippen LogP contribution in [0.5, 0.6) is 0 Å². The summed E-state index contributed by atoms with van der Waals surface area (Å²) in [7, 11) is 3.69. The van der Waals surface area contributed by atoms with Crippen LogP contribution in [0.2, 0.25) is 0 Å². The van der Waals surface area contributed by atoms with Crippen molar-refractivity contribution in [2.75, 3.05) is 40.3 Å². The lowest BCUT2D eigenvalue weighted by molar-refractivity contribution is 0.0256. The number of carbonyl (C=O) groups is 1. The van der Waals surface area contributed by atoms with Crippen molar-refractivity contribution in [2.45, 2.75) is 39.0 Å². The van der Waals surface area contributed by atoms with E-state index in [9.17, 15) is 4.79 Å². The molecule has 0 aromatic carbocycles. The van der Waals surface area contributed by atoms with Crippen molar-refractivity contribution >= 4 is 6.03 Å². The molecule has 110 valence electrons. The molecule has 1 N–H and O–H groups in total. The number of rotatable bonds is 2. The van der Waals surface area contributed by atoms with Gasteiger partial charge in [0.25, 0.3) is 0 Å². The van der Waals surface area contributed by atoms with E-state index in [1.54, 1.807) is 4.90 Å². The van der Waals surface area contributed by atoms with Crippen molar-refractivity contribution in [1.82, 2.24) is 15.1 Å². The van der Waals surface area contributed by atoms with Gasteiger partial charge in [0, 0.05) is 27.2 Å². The zero-order valence-corrected chi connectivity index (χ0v) is 12.7. The smallest absolute Gasteiger partial charge is 0.319 e. The Kier molecular flexibility index (Phi) is 4.71. The van der Waals surface area contributed by atoms with E-state index >= 15 is 0 Å². The predicted octanol–water partition coefficient (Wildman–Crippen LogP) is 2.16. The summed E-state index contributed by atoms with van der Waals surface area (Å²) in [5.41, 5.74) is 0.504. The van der Waals surface area contributed by atoms with E-state index in [2.05, 4.69) is 12.2 Å². The maximum atomic E-state index is 12.0. The molecule has 0 bridgehead atoms. The van der Waals surface area contributed by atoms with Gasteiger partial charge in [0.05, 0.1) is 0 Å². The molecular weight excluding hydrogens is 238 g/mol. The van der Waals surface area contributed by atoms with Gasteiger partial charge in [-0.05, 0) is 50.1 Å². The third-order valence-corrected chi connectivity index (χ3v) is 5.11. The second kappa shape index (κ2) is 6.12. The fourth-order valence-corrected chi connectivity index (χ4v) is 3.88. The Labute approximate surface area is 117 Å². The number of hydrogen-bond donors (Lipinski definition) is 1. The molecule has 1 spiro atoms. The van der Waals surface area contributed by atoms with E-state index in [-0.39, 0.29) is 6.03 Å². The topological polar surface area (TPSA) is 35.6 Å². The number of piperidine rings is 2. The van der Waals surface area contributed by atoms with Crippen LogP contribution in [-0.2, 0) is 0 Å². The molecule has 2 heterocycles. The number of carbonyl (C=O) groups excluding carboxylic acids is 1. The molecule has 2 rings (SSSR count). The third kappa shape index (κ3) is 3.04. The van der Waals surface area contributed by atoms with Gasteiger partial charge in [-0.3, -0.25) is 0 Å². The van der Waals surface area contributed by atoms with Crippen LogP contribution in [0.4, 0.5) is 4.79 Å². The summed E-state index contributed by atoms with van der Waals surface area (Å²) in [5.74, 6) is 0.808. The molecule has 0 radical (unpaired) electrons. The van der Waals surface area contributed by atoms with Gasteiger partial charge < -0.3 is 15.1 Å². The normalized spacial score (nSPS) is 26.5. The van der Waals surface area contributed by atoms with Crippen LogP contribution in [0.25, 0.3) is 0 Å². The lowest BCUT2D eigenvalue weighted by Gasteiger charge is -2.50. The molecule has 2 amide bonds. The van der Waals surface area contributed by atoms with Crippen molar-refractivity contribution in [3.8, 4) is 0 Å². The molecule has 2 aliphatic rings. The number of nitrogens with one attached hydrogen (secondary N) is 1. The molecule has 0 aromatic rings. The van der Waals surface area contributed by atoms with Gasteiger partial charge in [0.1, 0.15) is 0 Å². The van der Waals surface area contributed by atoms with Crippen LogP contribution < -0.4 is 5.32 Å². The lowest BCUT2D eigenvalue weighted by Crippen LogP contribution is -2.53. The second-order valence-electron chi connectivity index (χ2n) is 6.47. The molecule has 0 aliphatic carbocycles. The lowest BCUT2D eigenvalue weighted by atomic mass is 9.63. The average Bonchev–Trinajstić information content (AvgIpc) is 2.42. The SMILES string of the molecule is CCCC1CNCCC12CCN(C(=O)N(C)C)CC2. The first-order valence-corrected chi connectivity index (χ1v) is 7.76. The Morgan fingerprint density at radius 1 is 1.32 bits per heavy atom. The van der Waals surface area contributed by atoms with Crippen molar-refractivity contribution in [3.63, 3.8) is 0 Å². The molecule has 2 fully saturated rings. The number of nitrogens with zero attached hydrogens (tertiary/aromatic N) is 2. The van der Waals surface area contributed by atoms with Gasteiger partial charge >= 0.3 is 6.03 Å². The summed E-state index contributed by atoms with van der Waals surface area (Å²) in [6, 6.07) is 0.177. The van der Waals surface area contributed by atoms with E-state index in [0.717, 1.165) is 25.6 Å². The molecule has 0 aromatic heterocycles. The number of likely N-dealkylation sites (tertiary alicyclic amines) is 1. The van der Waals surface area contributed by atoms with Crippen LogP contribution in [-0.4, -0.2) is 56.1 Å². The first-order chi connectivity index (χ1) is 9.09. The van der Waals surface area contributed by atoms with E-state index in [0.29, 0.717) is 5.41 Å². The highest BCUT2D eigenvalue weighted by molar-refractivity contribution is 5.73. The molecule has 4 nitrogen and oxygen atoms in total. The Morgan fingerprint density at radius 2 is 2.00 bits per heavy atom. The van der Waals surface area contributed by atoms with Gasteiger partial charge in [-0.2, -0.15) is 0 Å². The Balaban J connectivity index is 1.97. The highest BCUT2D eigenvalue weighted by Crippen LogP contribution is 2.45. The Hall–Kier alpha value is -0.770. The maximum Gasteiger partial charge on any atom is 0.319 e. The Morgan fingerprint density at radius 3 is 2.58 bits per heavy atom. The minimum atomic E-state index is 0.177. The van der Waals surface area contributed by atoms with Crippen LogP contribution in [0.1, 0.15) is 39.0 Å². The monoisotopic (exact) mass is 267 g/mol. The van der Waals surface area contributed by atoms with Crippen molar-refractivity contribution in [1.29, 1.82) is 0 Å². The number of hydrogen-bond acceptors (Lipinski definition) is 2. The fourth-order valence-electron chi connectivity index (χ4n) is 3.88. The molecule has 1 atom stereocenters. The molecule has 2 saturated heterocycles. The van der Waals surface area contributed by atoms with E-state index in [1.807, 2.05) is 19.0 Å². The van der Waals surface area contributed by atoms with Crippen molar-refractivity contribution < 1.29 is 4.79 Å². The zero-order chi connectivity index (χ0) is 13.9. The van der Waals surface area contributed by atoms with Gasteiger partial charge in [-0.25, -0.2) is 4.79 Å². The molecule has 2 aliphatic heterocycles. The highest BCUT2D eigenvalue weighted by Gasteiger charge is 2.43. The predicted molar refractivity (Wildman–Crippen MR) is 78.2 cm³/mol. The summed E-state index contributed by atoms with van der Waals surface area (Å²) in [5, 5.41) is 3.55. The first kappa shape index (κ1) is 14.6. The van der Waals surface area contributed by atoms with E-state index < -0.39 is 0 Å². The van der Waals surface area contributed by atoms with E-state index in [4.69, 9.17) is 0 Å². The first-order valence-electron chi connectivity index (χ1n) is 7.76. The summed E-state index contributed by atoms with van der Waals surface area (Å²) < 4.78 is 0. The van der Waals surface area contributed by atoms with Gasteiger partial charge in [0.15, 0.2) is 0 Å². The van der Waals surface area contributed by atoms with Crippen LogP contribution in [0.3, 0.4) is 0 Å². The minimum absolute atomic E-state index is 0.177. The molecule has 4 heteroatoms. The molecule has 1 unspecified atom stereocenters. The highest BCUT2D eigenvalue weighted by atomic mass is 16.2. The summed E-state index contributed by atoms with van der Waals surface area (Å²) >= 11 is 0. The zero-order valence-electron chi connectivity index (χ0n) is 12.7. The van der Waals surface area contributed by atoms with Gasteiger partial charge in [-0.1, -0.05) is 13.3 Å². The number of urea groups is 1. The van der Waals surface area contributed by atoms with Gasteiger partial charge in [0.2, 0.25) is 0 Å². The van der Waals surface area contributed by atoms with Crippen LogP contribution in [0.15, 0.2) is 0 Å². The molecule has 0 saturated carbocycles. The molecule has 19 heavy (non-hydrogen) atoms. The second-order valence-corrected chi connectivity index (χ2v) is 6.47.